The lowest BCUT2D eigenvalue weighted by atomic mass is 10.1. The van der Waals surface area contributed by atoms with Crippen LogP contribution in [0, 0.1) is 6.92 Å². The van der Waals surface area contributed by atoms with Gasteiger partial charge in [0, 0.05) is 22.3 Å². The van der Waals surface area contributed by atoms with Gasteiger partial charge < -0.3 is 21.7 Å². The van der Waals surface area contributed by atoms with E-state index in [1.54, 1.807) is 19.2 Å². The minimum absolute atomic E-state index is 0.129. The highest BCUT2D eigenvalue weighted by atomic mass is 35.5. The van der Waals surface area contributed by atoms with Gasteiger partial charge >= 0.3 is 0 Å². The number of nitrogens with zero attached hydrogens (tertiary/aromatic N) is 2. The zero-order valence-electron chi connectivity index (χ0n) is 17.8. The maximum atomic E-state index is 12.5. The van der Waals surface area contributed by atoms with Gasteiger partial charge in [0.05, 0.1) is 24.3 Å². The quantitative estimate of drug-likeness (QED) is 0.355. The number of carbonyl (C=O) groups excluding carboxylic acids is 2. The van der Waals surface area contributed by atoms with E-state index in [1.165, 1.54) is 17.5 Å². The van der Waals surface area contributed by atoms with Crippen LogP contribution in [0.5, 0.6) is 0 Å². The molecule has 0 aliphatic rings. The van der Waals surface area contributed by atoms with E-state index >= 15 is 0 Å². The number of rotatable bonds is 9. The van der Waals surface area contributed by atoms with Crippen molar-refractivity contribution in [3.63, 3.8) is 0 Å². The predicted octanol–water partition coefficient (Wildman–Crippen LogP) is 2.73. The van der Waals surface area contributed by atoms with Gasteiger partial charge in [0.2, 0.25) is 11.8 Å². The van der Waals surface area contributed by atoms with E-state index in [0.29, 0.717) is 12.2 Å². The van der Waals surface area contributed by atoms with E-state index in [1.807, 2.05) is 37.3 Å². The summed E-state index contributed by atoms with van der Waals surface area (Å²) in [5.74, 6) is -0.650. The van der Waals surface area contributed by atoms with Crippen LogP contribution in [0.1, 0.15) is 17.0 Å². The molecule has 8 nitrogen and oxygen atoms in total. The van der Waals surface area contributed by atoms with E-state index in [2.05, 4.69) is 25.9 Å². The summed E-state index contributed by atoms with van der Waals surface area (Å²) in [4.78, 5) is 34.5. The Bertz CT molecular complexity index is 1080. The minimum atomic E-state index is -0.860. The van der Waals surface area contributed by atoms with E-state index in [0.717, 1.165) is 21.1 Å². The number of anilines is 1. The second kappa shape index (κ2) is 11.1. The molecule has 0 aliphatic carbocycles. The van der Waals surface area contributed by atoms with E-state index in [-0.39, 0.29) is 23.4 Å². The number of likely N-dealkylation sites (N-methyl/N-ethyl adjacent to an activating group) is 1. The second-order valence-corrected chi connectivity index (χ2v) is 8.62. The summed E-state index contributed by atoms with van der Waals surface area (Å²) >= 11 is 7.38. The fraction of sp³-hybridized carbons (Fsp3) is 0.273. The number of nitrogens with one attached hydrogen (secondary N) is 3. The Morgan fingerprint density at radius 2 is 1.94 bits per heavy atom. The standard InChI is InChI=1S/C22H25ClN6O2S/c1-13-18(32-22(28-13)14-6-4-3-5-7-14)12-27-20(30)16(24)11-17(25-2)21(31)29-15-8-9-26-19(23)10-15/h3-10,16-17,25H,11-12,24H2,1-2H3,(H,27,30)(H,26,29,31). The van der Waals surface area contributed by atoms with Crippen LogP contribution in [0.25, 0.3) is 10.6 Å². The fourth-order valence-corrected chi connectivity index (χ4v) is 4.20. The first-order chi connectivity index (χ1) is 15.4. The van der Waals surface area contributed by atoms with Crippen LogP contribution >= 0.6 is 22.9 Å². The van der Waals surface area contributed by atoms with Crippen molar-refractivity contribution in [2.75, 3.05) is 12.4 Å². The zero-order valence-corrected chi connectivity index (χ0v) is 19.3. The lowest BCUT2D eigenvalue weighted by Gasteiger charge is -2.20. The first-order valence-electron chi connectivity index (χ1n) is 10.0. The van der Waals surface area contributed by atoms with Crippen molar-refractivity contribution in [1.82, 2.24) is 20.6 Å². The molecule has 0 fully saturated rings. The van der Waals surface area contributed by atoms with Crippen molar-refractivity contribution in [2.24, 2.45) is 5.73 Å². The van der Waals surface area contributed by atoms with Crippen molar-refractivity contribution in [3.05, 3.63) is 64.4 Å². The van der Waals surface area contributed by atoms with Gasteiger partial charge in [-0.15, -0.1) is 11.3 Å². The number of hydrogen-bond acceptors (Lipinski definition) is 7. The number of aromatic nitrogens is 2. The molecule has 2 unspecified atom stereocenters. The third-order valence-corrected chi connectivity index (χ3v) is 6.24. The number of nitrogens with two attached hydrogens (primary N) is 1. The normalized spacial score (nSPS) is 12.8. The molecule has 0 saturated heterocycles. The summed E-state index contributed by atoms with van der Waals surface area (Å²) < 4.78 is 0. The van der Waals surface area contributed by atoms with Gasteiger partial charge in [0.15, 0.2) is 0 Å². The third kappa shape index (κ3) is 6.33. The first-order valence-corrected chi connectivity index (χ1v) is 11.2. The Labute approximate surface area is 195 Å². The summed E-state index contributed by atoms with van der Waals surface area (Å²) in [5, 5.41) is 9.67. The monoisotopic (exact) mass is 472 g/mol. The molecule has 0 radical (unpaired) electrons. The molecule has 1 aromatic carbocycles. The molecule has 3 aromatic rings. The Hall–Kier alpha value is -2.85. The molecule has 0 bridgehead atoms. The van der Waals surface area contributed by atoms with E-state index in [9.17, 15) is 9.59 Å². The molecule has 32 heavy (non-hydrogen) atoms. The molecule has 2 heterocycles. The van der Waals surface area contributed by atoms with Crippen LogP contribution in [0.2, 0.25) is 5.15 Å². The highest BCUT2D eigenvalue weighted by Crippen LogP contribution is 2.27. The van der Waals surface area contributed by atoms with Crippen LogP contribution in [0.15, 0.2) is 48.7 Å². The maximum absolute atomic E-state index is 12.5. The number of benzene rings is 1. The average molecular weight is 473 g/mol. The topological polar surface area (TPSA) is 122 Å². The second-order valence-electron chi connectivity index (χ2n) is 7.15. The third-order valence-electron chi connectivity index (χ3n) is 4.82. The molecule has 2 aromatic heterocycles. The number of pyridine rings is 1. The summed E-state index contributed by atoms with van der Waals surface area (Å²) in [6.45, 7) is 2.24. The van der Waals surface area contributed by atoms with Gasteiger partial charge in [-0.25, -0.2) is 9.97 Å². The largest absolute Gasteiger partial charge is 0.350 e. The molecule has 5 N–H and O–H groups in total. The van der Waals surface area contributed by atoms with Crippen molar-refractivity contribution in [2.45, 2.75) is 32.0 Å². The van der Waals surface area contributed by atoms with Crippen LogP contribution < -0.4 is 21.7 Å². The zero-order chi connectivity index (χ0) is 23.1. The van der Waals surface area contributed by atoms with Crippen LogP contribution in [0.3, 0.4) is 0 Å². The minimum Gasteiger partial charge on any atom is -0.350 e. The number of thiazole rings is 1. The predicted molar refractivity (Wildman–Crippen MR) is 127 cm³/mol. The SMILES string of the molecule is CNC(CC(N)C(=O)NCc1sc(-c2ccccc2)nc1C)C(=O)Nc1ccnc(Cl)c1. The van der Waals surface area contributed by atoms with Crippen molar-refractivity contribution in [1.29, 1.82) is 0 Å². The van der Waals surface area contributed by atoms with Crippen LogP contribution in [0.4, 0.5) is 5.69 Å². The number of halogens is 1. The summed E-state index contributed by atoms with van der Waals surface area (Å²) in [6.07, 6.45) is 1.63. The number of carbonyl (C=O) groups is 2. The Balaban J connectivity index is 1.54. The molecule has 10 heteroatoms. The van der Waals surface area contributed by atoms with Crippen LogP contribution in [-0.2, 0) is 16.1 Å². The Kier molecular flexibility index (Phi) is 8.29. The molecule has 168 valence electrons. The smallest absolute Gasteiger partial charge is 0.241 e. The molecular weight excluding hydrogens is 448 g/mol. The van der Waals surface area contributed by atoms with Crippen LogP contribution in [-0.4, -0.2) is 40.9 Å². The van der Waals surface area contributed by atoms with Gasteiger partial charge in [-0.2, -0.15) is 0 Å². The number of hydrogen-bond donors (Lipinski definition) is 4. The molecule has 3 rings (SSSR count). The molecular formula is C22H25ClN6O2S. The fourth-order valence-electron chi connectivity index (χ4n) is 3.02. The van der Waals surface area contributed by atoms with Crippen molar-refractivity contribution in [3.8, 4) is 10.6 Å². The molecule has 2 atom stereocenters. The summed E-state index contributed by atoms with van der Waals surface area (Å²) in [5.41, 5.74) is 8.49. The van der Waals surface area contributed by atoms with Gasteiger partial charge in [-0.05, 0) is 32.5 Å². The molecule has 0 spiro atoms. The van der Waals surface area contributed by atoms with Gasteiger partial charge in [-0.3, -0.25) is 9.59 Å². The molecule has 0 saturated carbocycles. The lowest BCUT2D eigenvalue weighted by molar-refractivity contribution is -0.123. The van der Waals surface area contributed by atoms with Gasteiger partial charge in [-0.1, -0.05) is 41.9 Å². The maximum Gasteiger partial charge on any atom is 0.241 e. The lowest BCUT2D eigenvalue weighted by Crippen LogP contribution is -2.48. The van der Waals surface area contributed by atoms with E-state index in [4.69, 9.17) is 17.3 Å². The highest BCUT2D eigenvalue weighted by molar-refractivity contribution is 7.15. The van der Waals surface area contributed by atoms with E-state index < -0.39 is 12.1 Å². The number of amides is 2. The Morgan fingerprint density at radius 1 is 1.19 bits per heavy atom. The first kappa shape index (κ1) is 23.8. The van der Waals surface area contributed by atoms with Gasteiger partial charge in [0.1, 0.15) is 10.2 Å². The number of aryl methyl sites for hydroxylation is 1. The van der Waals surface area contributed by atoms with Gasteiger partial charge in [0.25, 0.3) is 0 Å². The average Bonchev–Trinajstić information content (AvgIpc) is 3.16. The van der Waals surface area contributed by atoms with Crippen molar-refractivity contribution >= 4 is 40.4 Å². The molecule has 2 amide bonds. The summed E-state index contributed by atoms with van der Waals surface area (Å²) in [7, 11) is 1.64. The summed E-state index contributed by atoms with van der Waals surface area (Å²) in [6, 6.07) is 11.5. The Morgan fingerprint density at radius 3 is 2.62 bits per heavy atom. The molecule has 0 aliphatic heterocycles. The highest BCUT2D eigenvalue weighted by Gasteiger charge is 2.24. The van der Waals surface area contributed by atoms with Crippen molar-refractivity contribution < 1.29 is 9.59 Å².